The third kappa shape index (κ3) is 2.82. The normalized spacial score (nSPS) is 17.1. The van der Waals surface area contributed by atoms with Crippen molar-refractivity contribution in [1.82, 2.24) is 9.97 Å². The SMILES string of the molecule is CNc1cc(OC2CCOCC2)nc(C)n1. The van der Waals surface area contributed by atoms with Crippen molar-refractivity contribution in [3.8, 4) is 5.88 Å². The van der Waals surface area contributed by atoms with Gasteiger partial charge in [0, 0.05) is 26.0 Å². The van der Waals surface area contributed by atoms with Crippen molar-refractivity contribution in [1.29, 1.82) is 0 Å². The molecule has 1 fully saturated rings. The predicted molar refractivity (Wildman–Crippen MR) is 60.8 cm³/mol. The highest BCUT2D eigenvalue weighted by molar-refractivity contribution is 5.37. The van der Waals surface area contributed by atoms with Gasteiger partial charge in [0.2, 0.25) is 5.88 Å². The molecule has 0 saturated carbocycles. The van der Waals surface area contributed by atoms with Crippen molar-refractivity contribution in [2.75, 3.05) is 25.6 Å². The molecule has 0 amide bonds. The maximum absolute atomic E-state index is 5.81. The van der Waals surface area contributed by atoms with Crippen LogP contribution in [-0.4, -0.2) is 36.3 Å². The molecule has 1 aromatic rings. The van der Waals surface area contributed by atoms with Crippen LogP contribution < -0.4 is 10.1 Å². The van der Waals surface area contributed by atoms with E-state index in [0.717, 1.165) is 31.9 Å². The maximum atomic E-state index is 5.81. The number of nitrogens with zero attached hydrogens (tertiary/aromatic N) is 2. The van der Waals surface area contributed by atoms with Crippen LogP contribution in [0, 0.1) is 6.92 Å². The quantitative estimate of drug-likeness (QED) is 0.839. The van der Waals surface area contributed by atoms with Gasteiger partial charge < -0.3 is 14.8 Å². The summed E-state index contributed by atoms with van der Waals surface area (Å²) in [6.45, 7) is 3.40. The number of aryl methyl sites for hydroxylation is 1. The zero-order valence-electron chi connectivity index (χ0n) is 9.69. The Hall–Kier alpha value is -1.36. The molecule has 88 valence electrons. The number of hydrogen-bond donors (Lipinski definition) is 1. The lowest BCUT2D eigenvalue weighted by Crippen LogP contribution is -2.26. The van der Waals surface area contributed by atoms with E-state index in [1.165, 1.54) is 0 Å². The second-order valence-electron chi connectivity index (χ2n) is 3.82. The molecule has 16 heavy (non-hydrogen) atoms. The van der Waals surface area contributed by atoms with Gasteiger partial charge in [-0.3, -0.25) is 0 Å². The van der Waals surface area contributed by atoms with Crippen molar-refractivity contribution < 1.29 is 9.47 Å². The lowest BCUT2D eigenvalue weighted by molar-refractivity contribution is 0.0236. The Labute approximate surface area is 95.2 Å². The molecule has 1 aromatic heterocycles. The number of nitrogens with one attached hydrogen (secondary N) is 1. The number of anilines is 1. The van der Waals surface area contributed by atoms with E-state index in [4.69, 9.17) is 9.47 Å². The molecule has 0 aliphatic carbocycles. The fraction of sp³-hybridized carbons (Fsp3) is 0.636. The van der Waals surface area contributed by atoms with Gasteiger partial charge in [0.05, 0.1) is 13.2 Å². The molecule has 0 radical (unpaired) electrons. The third-order valence-corrected chi connectivity index (χ3v) is 2.53. The van der Waals surface area contributed by atoms with E-state index >= 15 is 0 Å². The van der Waals surface area contributed by atoms with E-state index in [9.17, 15) is 0 Å². The predicted octanol–water partition coefficient (Wildman–Crippen LogP) is 1.38. The molecule has 0 unspecified atom stereocenters. The summed E-state index contributed by atoms with van der Waals surface area (Å²) >= 11 is 0. The molecule has 0 aromatic carbocycles. The highest BCUT2D eigenvalue weighted by Crippen LogP contribution is 2.18. The molecule has 1 N–H and O–H groups in total. The first-order valence-electron chi connectivity index (χ1n) is 5.56. The molecule has 5 nitrogen and oxygen atoms in total. The van der Waals surface area contributed by atoms with E-state index in [0.29, 0.717) is 11.7 Å². The number of rotatable bonds is 3. The first-order chi connectivity index (χ1) is 7.78. The molecule has 0 bridgehead atoms. The van der Waals surface area contributed by atoms with Gasteiger partial charge in [-0.1, -0.05) is 0 Å². The molecule has 2 heterocycles. The van der Waals surface area contributed by atoms with Crippen molar-refractivity contribution in [2.45, 2.75) is 25.9 Å². The summed E-state index contributed by atoms with van der Waals surface area (Å²) in [6.07, 6.45) is 2.07. The fourth-order valence-corrected chi connectivity index (χ4v) is 1.69. The summed E-state index contributed by atoms with van der Waals surface area (Å²) in [5, 5.41) is 2.99. The molecule has 1 aliphatic rings. The van der Waals surface area contributed by atoms with Crippen LogP contribution in [-0.2, 0) is 4.74 Å². The Balaban J connectivity index is 2.04. The summed E-state index contributed by atoms with van der Waals surface area (Å²) in [6, 6.07) is 1.82. The van der Waals surface area contributed by atoms with Crippen LogP contribution in [0.5, 0.6) is 5.88 Å². The minimum Gasteiger partial charge on any atom is -0.474 e. The van der Waals surface area contributed by atoms with Gasteiger partial charge in [0.1, 0.15) is 17.7 Å². The molecule has 2 rings (SSSR count). The van der Waals surface area contributed by atoms with E-state index in [1.54, 1.807) is 0 Å². The summed E-state index contributed by atoms with van der Waals surface area (Å²) < 4.78 is 11.1. The standard InChI is InChI=1S/C11H17N3O2/c1-8-13-10(12-2)7-11(14-8)16-9-3-5-15-6-4-9/h7,9H,3-6H2,1-2H3,(H,12,13,14). The lowest BCUT2D eigenvalue weighted by atomic mass is 10.2. The smallest absolute Gasteiger partial charge is 0.218 e. The number of hydrogen-bond acceptors (Lipinski definition) is 5. The first-order valence-corrected chi connectivity index (χ1v) is 5.56. The second-order valence-corrected chi connectivity index (χ2v) is 3.82. The van der Waals surface area contributed by atoms with Gasteiger partial charge in [-0.15, -0.1) is 0 Å². The summed E-state index contributed by atoms with van der Waals surface area (Å²) in [5.41, 5.74) is 0. The molecule has 1 saturated heterocycles. The Bertz CT molecular complexity index is 351. The Morgan fingerprint density at radius 1 is 1.38 bits per heavy atom. The molecule has 1 aliphatic heterocycles. The topological polar surface area (TPSA) is 56.3 Å². The average Bonchev–Trinajstić information content (AvgIpc) is 2.29. The van der Waals surface area contributed by atoms with Crippen LogP contribution in [0.1, 0.15) is 18.7 Å². The van der Waals surface area contributed by atoms with Gasteiger partial charge in [-0.25, -0.2) is 4.98 Å². The zero-order chi connectivity index (χ0) is 11.4. The van der Waals surface area contributed by atoms with Crippen LogP contribution in [0.3, 0.4) is 0 Å². The van der Waals surface area contributed by atoms with Crippen LogP contribution in [0.2, 0.25) is 0 Å². The zero-order valence-corrected chi connectivity index (χ0v) is 9.69. The minimum atomic E-state index is 0.216. The Morgan fingerprint density at radius 2 is 2.12 bits per heavy atom. The fourth-order valence-electron chi connectivity index (χ4n) is 1.69. The molecule has 0 spiro atoms. The lowest BCUT2D eigenvalue weighted by Gasteiger charge is -2.22. The monoisotopic (exact) mass is 223 g/mol. The Kier molecular flexibility index (Phi) is 3.56. The van der Waals surface area contributed by atoms with E-state index in [2.05, 4.69) is 15.3 Å². The van der Waals surface area contributed by atoms with E-state index in [1.807, 2.05) is 20.0 Å². The molecule has 5 heteroatoms. The van der Waals surface area contributed by atoms with Gasteiger partial charge in [-0.2, -0.15) is 4.98 Å². The second kappa shape index (κ2) is 5.12. The van der Waals surface area contributed by atoms with E-state index < -0.39 is 0 Å². The van der Waals surface area contributed by atoms with Crippen LogP contribution in [0.25, 0.3) is 0 Å². The Morgan fingerprint density at radius 3 is 2.81 bits per heavy atom. The van der Waals surface area contributed by atoms with Gasteiger partial charge in [0.25, 0.3) is 0 Å². The third-order valence-electron chi connectivity index (χ3n) is 2.53. The highest BCUT2D eigenvalue weighted by atomic mass is 16.5. The number of aromatic nitrogens is 2. The molecular formula is C11H17N3O2. The average molecular weight is 223 g/mol. The summed E-state index contributed by atoms with van der Waals surface area (Å²) in [4.78, 5) is 8.48. The largest absolute Gasteiger partial charge is 0.474 e. The van der Waals surface area contributed by atoms with Crippen molar-refractivity contribution in [3.05, 3.63) is 11.9 Å². The molecule has 0 atom stereocenters. The molecular weight excluding hydrogens is 206 g/mol. The van der Waals surface area contributed by atoms with Crippen molar-refractivity contribution in [3.63, 3.8) is 0 Å². The van der Waals surface area contributed by atoms with Gasteiger partial charge in [0.15, 0.2) is 0 Å². The van der Waals surface area contributed by atoms with Crippen LogP contribution in [0.15, 0.2) is 6.07 Å². The summed E-state index contributed by atoms with van der Waals surface area (Å²) in [7, 11) is 1.83. The van der Waals surface area contributed by atoms with Gasteiger partial charge in [-0.05, 0) is 6.92 Å². The first kappa shape index (κ1) is 11.1. The van der Waals surface area contributed by atoms with Crippen molar-refractivity contribution in [2.24, 2.45) is 0 Å². The highest BCUT2D eigenvalue weighted by Gasteiger charge is 2.16. The minimum absolute atomic E-state index is 0.216. The maximum Gasteiger partial charge on any atom is 0.218 e. The van der Waals surface area contributed by atoms with Crippen LogP contribution >= 0.6 is 0 Å². The van der Waals surface area contributed by atoms with E-state index in [-0.39, 0.29) is 6.10 Å². The number of ether oxygens (including phenoxy) is 2. The van der Waals surface area contributed by atoms with Crippen LogP contribution in [0.4, 0.5) is 5.82 Å². The van der Waals surface area contributed by atoms with Gasteiger partial charge >= 0.3 is 0 Å². The summed E-state index contributed by atoms with van der Waals surface area (Å²) in [5.74, 6) is 2.15. The van der Waals surface area contributed by atoms with Crippen molar-refractivity contribution >= 4 is 5.82 Å².